The van der Waals surface area contributed by atoms with Crippen LogP contribution in [0.5, 0.6) is 0 Å². The lowest BCUT2D eigenvalue weighted by Gasteiger charge is -1.95. The van der Waals surface area contributed by atoms with Gasteiger partial charge in [0.2, 0.25) is 0 Å². The van der Waals surface area contributed by atoms with Crippen LogP contribution in [0.25, 0.3) is 0 Å². The minimum Gasteiger partial charge on any atom is -0.370 e. The minimum atomic E-state index is -0.0829. The molecule has 1 aromatic rings. The molecule has 1 heterocycles. The molecule has 0 amide bonds. The fourth-order valence-corrected chi connectivity index (χ4v) is 2.73. The van der Waals surface area contributed by atoms with Crippen LogP contribution in [0, 0.1) is 5.41 Å². The summed E-state index contributed by atoms with van der Waals surface area (Å²) < 4.78 is 0. The number of carbonyl (C=O) groups is 1. The largest absolute Gasteiger partial charge is 0.370 e. The molecule has 0 unspecified atom stereocenters. The Hall–Kier alpha value is 0.01000. The van der Waals surface area contributed by atoms with Crippen LogP contribution in [0.3, 0.4) is 0 Å². The van der Waals surface area contributed by atoms with Gasteiger partial charge in [-0.05, 0) is 0 Å². The van der Waals surface area contributed by atoms with Crippen molar-refractivity contribution in [2.24, 2.45) is 5.73 Å². The third kappa shape index (κ3) is 8.70. The van der Waals surface area contributed by atoms with E-state index in [1.165, 1.54) is 11.3 Å². The molecule has 4 N–H and O–H groups in total. The first-order valence-electron chi connectivity index (χ1n) is 4.28. The lowest BCUT2D eigenvalue weighted by molar-refractivity contribution is -0.114. The first kappa shape index (κ1) is 17.0. The molecule has 1 aromatic heterocycles. The molecule has 0 spiro atoms. The Morgan fingerprint density at radius 1 is 1.47 bits per heavy atom. The van der Waals surface area contributed by atoms with Crippen molar-refractivity contribution in [1.82, 2.24) is 4.98 Å². The van der Waals surface area contributed by atoms with E-state index < -0.39 is 0 Å². The summed E-state index contributed by atoms with van der Waals surface area (Å²) in [6.45, 7) is 0. The number of rotatable bonds is 4. The summed E-state index contributed by atoms with van der Waals surface area (Å²) in [6, 6.07) is 0. The number of ketones is 1. The molecule has 17 heavy (non-hydrogen) atoms. The number of alkyl halides is 3. The molecule has 0 aromatic carbocycles. The molecular weight excluding hydrogens is 440 g/mol. The molecule has 0 fully saturated rings. The van der Waals surface area contributed by atoms with Crippen LogP contribution in [0.4, 0.5) is 5.13 Å². The minimum absolute atomic E-state index is 0.0829. The van der Waals surface area contributed by atoms with E-state index in [2.05, 4.69) is 58.1 Å². The topological polar surface area (TPSA) is 91.9 Å². The molecule has 0 aliphatic heterocycles. The maximum Gasteiger partial charge on any atom is 0.192 e. The fraction of sp³-hybridized carbons (Fsp3) is 0.375. The number of hydrogen-bond acceptors (Lipinski definition) is 4. The van der Waals surface area contributed by atoms with Gasteiger partial charge in [0.1, 0.15) is 0 Å². The summed E-state index contributed by atoms with van der Waals surface area (Å²) in [5, 5.41) is 13.7. The van der Waals surface area contributed by atoms with Crippen LogP contribution in [0.2, 0.25) is 0 Å². The van der Waals surface area contributed by atoms with Crippen molar-refractivity contribution < 1.29 is 4.79 Å². The number of nitrogens with one attached hydrogen (secondary N) is 2. The molecule has 96 valence electrons. The van der Waals surface area contributed by atoms with Crippen molar-refractivity contribution in [3.8, 4) is 0 Å². The van der Waals surface area contributed by atoms with Gasteiger partial charge in [-0.1, -0.05) is 47.8 Å². The average Bonchev–Trinajstić information content (AvgIpc) is 2.75. The molecule has 0 bridgehead atoms. The lowest BCUT2D eigenvalue weighted by Crippen LogP contribution is -2.20. The molecular formula is C8H11Br3N4OS. The van der Waals surface area contributed by atoms with E-state index in [-0.39, 0.29) is 11.7 Å². The smallest absolute Gasteiger partial charge is 0.192 e. The lowest BCUT2D eigenvalue weighted by atomic mass is 10.5. The van der Waals surface area contributed by atoms with Crippen molar-refractivity contribution in [3.05, 3.63) is 11.1 Å². The fourth-order valence-electron chi connectivity index (χ4n) is 0.577. The van der Waals surface area contributed by atoms with Crippen molar-refractivity contribution in [1.29, 1.82) is 5.41 Å². The monoisotopic (exact) mass is 448 g/mol. The molecule has 0 atom stereocenters. The van der Waals surface area contributed by atoms with E-state index in [1.54, 1.807) is 0 Å². The summed E-state index contributed by atoms with van der Waals surface area (Å²) in [6.07, 6.45) is 0. The second kappa shape index (κ2) is 9.98. The first-order valence-corrected chi connectivity index (χ1v) is 8.53. The molecule has 0 saturated heterocycles. The van der Waals surface area contributed by atoms with Gasteiger partial charge >= 0.3 is 0 Å². The second-order valence-electron chi connectivity index (χ2n) is 2.62. The summed E-state index contributed by atoms with van der Waals surface area (Å²) in [7, 11) is 0. The van der Waals surface area contributed by atoms with E-state index in [0.29, 0.717) is 15.8 Å². The normalized spacial score (nSPS) is 9.12. The molecule has 5 nitrogen and oxygen atoms in total. The number of aromatic nitrogens is 1. The summed E-state index contributed by atoms with van der Waals surface area (Å²) in [5.74, 6) is 0.0930. The first-order chi connectivity index (χ1) is 8.03. The summed E-state index contributed by atoms with van der Waals surface area (Å²) in [4.78, 5) is 14.2. The summed E-state index contributed by atoms with van der Waals surface area (Å²) in [5.41, 5.74) is 6.05. The van der Waals surface area contributed by atoms with Crippen molar-refractivity contribution in [2.75, 3.05) is 16.0 Å². The van der Waals surface area contributed by atoms with Gasteiger partial charge in [-0.15, -0.1) is 11.3 Å². The quantitative estimate of drug-likeness (QED) is 0.373. The number of nitrogens with two attached hydrogens (primary N) is 1. The van der Waals surface area contributed by atoms with Gasteiger partial charge in [0.05, 0.1) is 16.4 Å². The van der Waals surface area contributed by atoms with Gasteiger partial charge < -0.3 is 11.1 Å². The van der Waals surface area contributed by atoms with Crippen molar-refractivity contribution >= 4 is 76.0 Å². The second-order valence-corrected chi connectivity index (χ2v) is 5.16. The highest BCUT2D eigenvalue weighted by molar-refractivity contribution is 9.10. The van der Waals surface area contributed by atoms with Crippen LogP contribution < -0.4 is 11.1 Å². The maximum atomic E-state index is 10.1. The van der Waals surface area contributed by atoms with Gasteiger partial charge in [0.25, 0.3) is 0 Å². The molecule has 0 aliphatic rings. The van der Waals surface area contributed by atoms with Gasteiger partial charge in [0.15, 0.2) is 16.9 Å². The van der Waals surface area contributed by atoms with E-state index in [0.717, 1.165) is 11.0 Å². The van der Waals surface area contributed by atoms with Crippen LogP contribution >= 0.6 is 59.1 Å². The number of hydrogen-bond donors (Lipinski definition) is 3. The standard InChI is InChI=1S/C5H7BrN4S.C3H4Br2O/c6-1-3-2-11-5(9-3)10-4(7)8;4-1-3(6)2-5/h2H,1H2,(H4,7,8,9,10);1-2H2. The summed E-state index contributed by atoms with van der Waals surface area (Å²) >= 11 is 10.7. The Morgan fingerprint density at radius 3 is 2.35 bits per heavy atom. The van der Waals surface area contributed by atoms with Crippen molar-refractivity contribution in [2.45, 2.75) is 5.33 Å². The Balaban J connectivity index is 0.000000366. The molecule has 0 radical (unpaired) electrons. The van der Waals surface area contributed by atoms with Gasteiger partial charge in [-0.3, -0.25) is 10.2 Å². The third-order valence-corrected chi connectivity index (χ3v) is 3.86. The third-order valence-electron chi connectivity index (χ3n) is 1.23. The number of guanidine groups is 1. The van der Waals surface area contributed by atoms with Gasteiger partial charge in [-0.25, -0.2) is 4.98 Å². The molecule has 0 aliphatic carbocycles. The number of Topliss-reactive ketones (excluding diaryl/α,β-unsaturated/α-hetero) is 1. The maximum absolute atomic E-state index is 10.1. The molecule has 9 heteroatoms. The zero-order chi connectivity index (χ0) is 13.3. The molecule has 0 saturated carbocycles. The average molecular weight is 451 g/mol. The van der Waals surface area contributed by atoms with E-state index in [4.69, 9.17) is 11.1 Å². The zero-order valence-electron chi connectivity index (χ0n) is 8.67. The predicted molar refractivity (Wildman–Crippen MR) is 82.9 cm³/mol. The van der Waals surface area contributed by atoms with Crippen LogP contribution in [-0.2, 0) is 10.1 Å². The van der Waals surface area contributed by atoms with E-state index in [1.807, 2.05) is 5.38 Å². The van der Waals surface area contributed by atoms with Gasteiger partial charge in [-0.2, -0.15) is 0 Å². The van der Waals surface area contributed by atoms with E-state index in [9.17, 15) is 4.79 Å². The van der Waals surface area contributed by atoms with Crippen LogP contribution in [-0.4, -0.2) is 27.4 Å². The molecule has 1 rings (SSSR count). The van der Waals surface area contributed by atoms with Crippen LogP contribution in [0.1, 0.15) is 5.69 Å². The highest BCUT2D eigenvalue weighted by Crippen LogP contribution is 2.16. The Labute approximate surface area is 128 Å². The van der Waals surface area contributed by atoms with Gasteiger partial charge in [0, 0.05) is 10.7 Å². The Kier molecular flexibility index (Phi) is 9.99. The number of anilines is 1. The van der Waals surface area contributed by atoms with E-state index >= 15 is 0 Å². The predicted octanol–water partition coefficient (Wildman–Crippen LogP) is 2.69. The number of halogens is 3. The van der Waals surface area contributed by atoms with Crippen LogP contribution in [0.15, 0.2) is 5.38 Å². The number of thiazole rings is 1. The SMILES string of the molecule is N=C(N)Nc1nc(CBr)cs1.O=C(CBr)CBr. The number of nitrogens with zero attached hydrogens (tertiary/aromatic N) is 1. The highest BCUT2D eigenvalue weighted by atomic mass is 79.9. The van der Waals surface area contributed by atoms with Crippen molar-refractivity contribution in [3.63, 3.8) is 0 Å². The zero-order valence-corrected chi connectivity index (χ0v) is 14.2. The Morgan fingerprint density at radius 2 is 2.06 bits per heavy atom. The highest BCUT2D eigenvalue weighted by Gasteiger charge is 1.99. The Bertz CT molecular complexity index is 365. The number of carbonyl (C=O) groups excluding carboxylic acids is 1.